The Morgan fingerprint density at radius 3 is 2.70 bits per heavy atom. The van der Waals surface area contributed by atoms with E-state index in [1.165, 1.54) is 0 Å². The van der Waals surface area contributed by atoms with Crippen molar-refractivity contribution in [1.29, 1.82) is 0 Å². The van der Waals surface area contributed by atoms with Crippen molar-refractivity contribution in [3.05, 3.63) is 12.2 Å². The van der Waals surface area contributed by atoms with E-state index in [0.29, 0.717) is 5.57 Å². The molecule has 0 radical (unpaired) electrons. The van der Waals surface area contributed by atoms with E-state index in [-0.39, 0.29) is 13.1 Å². The van der Waals surface area contributed by atoms with Gasteiger partial charge >= 0.3 is 0 Å². The Labute approximate surface area is 61.6 Å². The molecule has 0 spiro atoms. The third kappa shape index (κ3) is 1.43. The zero-order valence-electron chi connectivity index (χ0n) is 5.32. The van der Waals surface area contributed by atoms with Crippen LogP contribution in [0.3, 0.4) is 0 Å². The predicted octanol–water partition coefficient (Wildman–Crippen LogP) is -0.987. The molecule has 1 rings (SSSR count). The van der Waals surface area contributed by atoms with E-state index in [4.69, 9.17) is 5.11 Å². The molecule has 1 saturated heterocycles. The van der Waals surface area contributed by atoms with E-state index in [2.05, 4.69) is 6.58 Å². The van der Waals surface area contributed by atoms with Gasteiger partial charge in [-0.05, 0) is 5.57 Å². The number of hydrogen-bond donors (Lipinski definition) is 1. The molecule has 0 saturated carbocycles. The van der Waals surface area contributed by atoms with Gasteiger partial charge in [-0.2, -0.15) is 0 Å². The topological polar surface area (TPSA) is 63.6 Å². The number of aliphatic hydroxyl groups excluding tert-OH is 1. The summed E-state index contributed by atoms with van der Waals surface area (Å²) in [6, 6.07) is 0. The molecule has 1 fully saturated rings. The molecule has 1 N–H and O–H groups in total. The Morgan fingerprint density at radius 2 is 2.50 bits per heavy atom. The molecule has 0 aliphatic carbocycles. The molecule has 4 nitrogen and oxygen atoms in total. The second-order valence-electron chi connectivity index (χ2n) is 2.21. The fourth-order valence-electron chi connectivity index (χ4n) is 0.832. The van der Waals surface area contributed by atoms with E-state index < -0.39 is 17.4 Å². The molecule has 10 heavy (non-hydrogen) atoms. The van der Waals surface area contributed by atoms with E-state index in [1.807, 2.05) is 0 Å². The van der Waals surface area contributed by atoms with Gasteiger partial charge < -0.3 is 9.66 Å². The second-order valence-corrected chi connectivity index (χ2v) is 3.16. The fraction of sp³-hybridized carbons (Fsp3) is 0.600. The Balaban J connectivity index is 2.57. The zero-order valence-corrected chi connectivity index (χ0v) is 6.13. The summed E-state index contributed by atoms with van der Waals surface area (Å²) >= 11 is -2.22. The monoisotopic (exact) mass is 162 g/mol. The lowest BCUT2D eigenvalue weighted by atomic mass is 10.2. The van der Waals surface area contributed by atoms with Crippen molar-refractivity contribution in [2.75, 3.05) is 13.1 Å². The molecule has 0 aromatic carbocycles. The van der Waals surface area contributed by atoms with Crippen LogP contribution in [0, 0.1) is 0 Å². The largest absolute Gasteiger partial charge is 0.760 e. The van der Waals surface area contributed by atoms with Crippen LogP contribution in [0.25, 0.3) is 0 Å². The number of hydrogen-bond acceptors (Lipinski definition) is 3. The molecule has 0 aromatic rings. The Morgan fingerprint density at radius 1 is 1.90 bits per heavy atom. The summed E-state index contributed by atoms with van der Waals surface area (Å²) in [5.41, 5.74) is 0.559. The molecule has 1 heterocycles. The van der Waals surface area contributed by atoms with Crippen molar-refractivity contribution in [2.24, 2.45) is 0 Å². The summed E-state index contributed by atoms with van der Waals surface area (Å²) < 4.78 is 21.7. The maximum absolute atomic E-state index is 10.3. The summed E-state index contributed by atoms with van der Waals surface area (Å²) in [6.45, 7) is 3.90. The summed E-state index contributed by atoms with van der Waals surface area (Å²) in [4.78, 5) is 0. The average Bonchev–Trinajstić information content (AvgIpc) is 2.13. The van der Waals surface area contributed by atoms with Crippen LogP contribution < -0.4 is 0 Å². The molecule has 1 aliphatic rings. The van der Waals surface area contributed by atoms with Gasteiger partial charge in [-0.1, -0.05) is 6.58 Å². The van der Waals surface area contributed by atoms with Crippen molar-refractivity contribution in [3.8, 4) is 0 Å². The van der Waals surface area contributed by atoms with Gasteiger partial charge in [0.1, 0.15) is 0 Å². The molecule has 2 atom stereocenters. The second kappa shape index (κ2) is 2.79. The normalized spacial score (nSPS) is 31.0. The predicted molar refractivity (Wildman–Crippen MR) is 35.6 cm³/mol. The summed E-state index contributed by atoms with van der Waals surface area (Å²) in [5.74, 6) is 0. The van der Waals surface area contributed by atoms with Gasteiger partial charge in [0, 0.05) is 24.4 Å². The molecule has 0 aromatic heterocycles. The highest BCUT2D eigenvalue weighted by Gasteiger charge is 2.23. The van der Waals surface area contributed by atoms with Crippen molar-refractivity contribution in [1.82, 2.24) is 4.31 Å². The van der Waals surface area contributed by atoms with Gasteiger partial charge in [0.05, 0.1) is 6.10 Å². The third-order valence-corrected chi connectivity index (χ3v) is 2.14. The molecule has 5 heteroatoms. The zero-order chi connectivity index (χ0) is 7.72. The maximum Gasteiger partial charge on any atom is 0.0897 e. The van der Waals surface area contributed by atoms with Crippen molar-refractivity contribution >= 4 is 11.3 Å². The minimum absolute atomic E-state index is 0.148. The van der Waals surface area contributed by atoms with Crippen LogP contribution in [0.2, 0.25) is 0 Å². The lowest BCUT2D eigenvalue weighted by molar-refractivity contribution is 0.216. The standard InChI is InChI=1S/C5H9NO3S/c1-4-2-6(10(8)9)3-5(4)7/h5,7H,1-3H2,(H,8,9)/p-1/t5-/m1/s1. The van der Waals surface area contributed by atoms with Crippen LogP contribution in [0.5, 0.6) is 0 Å². The Kier molecular flexibility index (Phi) is 2.20. The smallest absolute Gasteiger partial charge is 0.0897 e. The van der Waals surface area contributed by atoms with Crippen LogP contribution in [-0.2, 0) is 11.3 Å². The highest BCUT2D eigenvalue weighted by atomic mass is 32.2. The molecule has 1 aliphatic heterocycles. The Hall–Kier alpha value is -0.230. The van der Waals surface area contributed by atoms with Crippen molar-refractivity contribution < 1.29 is 13.9 Å². The van der Waals surface area contributed by atoms with Gasteiger partial charge in [0.2, 0.25) is 0 Å². The van der Waals surface area contributed by atoms with E-state index in [1.54, 1.807) is 0 Å². The minimum Gasteiger partial charge on any atom is -0.760 e. The van der Waals surface area contributed by atoms with Gasteiger partial charge in [0.15, 0.2) is 0 Å². The van der Waals surface area contributed by atoms with Crippen LogP contribution in [0.1, 0.15) is 0 Å². The lowest BCUT2D eigenvalue weighted by Gasteiger charge is -2.16. The molecule has 58 valence electrons. The first-order chi connectivity index (χ1) is 4.61. The van der Waals surface area contributed by atoms with Crippen molar-refractivity contribution in [2.45, 2.75) is 6.10 Å². The van der Waals surface area contributed by atoms with E-state index >= 15 is 0 Å². The summed E-state index contributed by atoms with van der Waals surface area (Å²) in [7, 11) is 0. The molecular formula is C5H8NO3S-. The first kappa shape index (κ1) is 7.87. The first-order valence-corrected chi connectivity index (χ1v) is 3.84. The third-order valence-electron chi connectivity index (χ3n) is 1.44. The molecule has 0 amide bonds. The number of nitrogens with zero attached hydrogens (tertiary/aromatic N) is 1. The van der Waals surface area contributed by atoms with Crippen LogP contribution in [0.15, 0.2) is 12.2 Å². The van der Waals surface area contributed by atoms with Gasteiger partial charge in [-0.3, -0.25) is 4.21 Å². The maximum atomic E-state index is 10.3. The van der Waals surface area contributed by atoms with E-state index in [0.717, 1.165) is 4.31 Å². The molecule has 1 unspecified atom stereocenters. The van der Waals surface area contributed by atoms with E-state index in [9.17, 15) is 8.76 Å². The number of aliphatic hydroxyl groups is 1. The highest BCUT2D eigenvalue weighted by Crippen LogP contribution is 2.14. The fourth-order valence-corrected chi connectivity index (χ4v) is 1.37. The first-order valence-electron chi connectivity index (χ1n) is 2.81. The highest BCUT2D eigenvalue weighted by molar-refractivity contribution is 7.76. The van der Waals surface area contributed by atoms with Gasteiger partial charge in [-0.15, -0.1) is 0 Å². The summed E-state index contributed by atoms with van der Waals surface area (Å²) in [6.07, 6.45) is -0.683. The van der Waals surface area contributed by atoms with Crippen LogP contribution in [0.4, 0.5) is 0 Å². The lowest BCUT2D eigenvalue weighted by Crippen LogP contribution is -2.23. The van der Waals surface area contributed by atoms with Crippen molar-refractivity contribution in [3.63, 3.8) is 0 Å². The number of rotatable bonds is 1. The SMILES string of the molecule is C=C1CN(S(=O)[O-])C[C@H]1O. The average molecular weight is 162 g/mol. The Bertz CT molecular complexity index is 182. The van der Waals surface area contributed by atoms with Gasteiger partial charge in [0.25, 0.3) is 0 Å². The van der Waals surface area contributed by atoms with Crippen LogP contribution in [-0.4, -0.2) is 37.4 Å². The molecular weight excluding hydrogens is 154 g/mol. The molecule has 0 bridgehead atoms. The van der Waals surface area contributed by atoms with Crippen LogP contribution >= 0.6 is 0 Å². The summed E-state index contributed by atoms with van der Waals surface area (Å²) in [5, 5.41) is 9.00. The minimum atomic E-state index is -2.22. The number of β-amino-alcohol motifs (C(OH)–C–C–N with tert-alkyl or cyclic N) is 1. The van der Waals surface area contributed by atoms with Gasteiger partial charge in [-0.25, -0.2) is 4.31 Å². The quantitative estimate of drug-likeness (QED) is 0.398.